The van der Waals surface area contributed by atoms with Crippen LogP contribution in [0.3, 0.4) is 0 Å². The van der Waals surface area contributed by atoms with Crippen molar-refractivity contribution >= 4 is 35.6 Å². The maximum Gasteiger partial charge on any atom is 0.227 e. The highest BCUT2D eigenvalue weighted by atomic mass is 35.5. The first-order valence-electron chi connectivity index (χ1n) is 8.09. The van der Waals surface area contributed by atoms with Crippen LogP contribution in [0.4, 0.5) is 11.4 Å². The van der Waals surface area contributed by atoms with Crippen molar-refractivity contribution in [1.82, 2.24) is 0 Å². The average Bonchev–Trinajstić information content (AvgIpc) is 3.09. The molecule has 5 nitrogen and oxygen atoms in total. The SMILES string of the molecule is Cl.N[C@@H]1CCC[C@H]1CC(=O)Nc1ccc(N2CCCC2=O)cc1. The van der Waals surface area contributed by atoms with Gasteiger partial charge in [0.15, 0.2) is 0 Å². The molecule has 23 heavy (non-hydrogen) atoms. The second-order valence-corrected chi connectivity index (χ2v) is 6.30. The van der Waals surface area contributed by atoms with Crippen LogP contribution in [0.2, 0.25) is 0 Å². The number of amides is 2. The molecule has 2 amide bonds. The van der Waals surface area contributed by atoms with E-state index in [0.29, 0.717) is 18.8 Å². The van der Waals surface area contributed by atoms with E-state index in [9.17, 15) is 9.59 Å². The second-order valence-electron chi connectivity index (χ2n) is 6.30. The summed E-state index contributed by atoms with van der Waals surface area (Å²) in [4.78, 5) is 25.6. The van der Waals surface area contributed by atoms with Gasteiger partial charge in [-0.2, -0.15) is 0 Å². The number of carbonyl (C=O) groups excluding carboxylic acids is 2. The molecule has 6 heteroatoms. The third-order valence-electron chi connectivity index (χ3n) is 4.70. The zero-order chi connectivity index (χ0) is 15.5. The van der Waals surface area contributed by atoms with Crippen molar-refractivity contribution < 1.29 is 9.59 Å². The van der Waals surface area contributed by atoms with Gasteiger partial charge in [-0.15, -0.1) is 12.4 Å². The molecule has 0 bridgehead atoms. The van der Waals surface area contributed by atoms with Gasteiger partial charge in [0.2, 0.25) is 11.8 Å². The van der Waals surface area contributed by atoms with Crippen molar-refractivity contribution in [3.63, 3.8) is 0 Å². The van der Waals surface area contributed by atoms with Crippen molar-refractivity contribution in [2.24, 2.45) is 11.7 Å². The van der Waals surface area contributed by atoms with Crippen LogP contribution in [-0.2, 0) is 9.59 Å². The maximum atomic E-state index is 12.1. The molecule has 2 atom stereocenters. The second kappa shape index (κ2) is 7.79. The quantitative estimate of drug-likeness (QED) is 0.887. The molecule has 1 saturated carbocycles. The lowest BCUT2D eigenvalue weighted by Crippen LogP contribution is -2.28. The van der Waals surface area contributed by atoms with E-state index in [2.05, 4.69) is 5.32 Å². The Labute approximate surface area is 143 Å². The Balaban J connectivity index is 0.00000192. The Hall–Kier alpha value is -1.59. The minimum absolute atomic E-state index is 0. The zero-order valence-corrected chi connectivity index (χ0v) is 14.0. The number of hydrogen-bond acceptors (Lipinski definition) is 3. The molecule has 1 aliphatic carbocycles. The summed E-state index contributed by atoms with van der Waals surface area (Å²) < 4.78 is 0. The van der Waals surface area contributed by atoms with Crippen LogP contribution >= 0.6 is 12.4 Å². The summed E-state index contributed by atoms with van der Waals surface area (Å²) in [5.74, 6) is 0.501. The van der Waals surface area contributed by atoms with Crippen LogP contribution in [0.15, 0.2) is 24.3 Å². The minimum atomic E-state index is 0. The van der Waals surface area contributed by atoms with Gasteiger partial charge in [0, 0.05) is 36.8 Å². The summed E-state index contributed by atoms with van der Waals surface area (Å²) in [7, 11) is 0. The Morgan fingerprint density at radius 1 is 1.22 bits per heavy atom. The molecule has 2 aliphatic rings. The van der Waals surface area contributed by atoms with Crippen LogP contribution in [-0.4, -0.2) is 24.4 Å². The Bertz CT molecular complexity index is 561. The van der Waals surface area contributed by atoms with Crippen molar-refractivity contribution in [3.8, 4) is 0 Å². The van der Waals surface area contributed by atoms with E-state index in [1.54, 1.807) is 4.90 Å². The molecule has 0 radical (unpaired) electrons. The molecular formula is C17H24ClN3O2. The van der Waals surface area contributed by atoms with Crippen LogP contribution in [0.25, 0.3) is 0 Å². The van der Waals surface area contributed by atoms with E-state index in [1.807, 2.05) is 24.3 Å². The molecule has 126 valence electrons. The molecule has 3 rings (SSSR count). The summed E-state index contributed by atoms with van der Waals surface area (Å²) in [6.45, 7) is 0.782. The molecule has 1 saturated heterocycles. The number of benzene rings is 1. The average molecular weight is 338 g/mol. The monoisotopic (exact) mass is 337 g/mol. The Morgan fingerprint density at radius 2 is 1.96 bits per heavy atom. The fourth-order valence-electron chi connectivity index (χ4n) is 3.41. The van der Waals surface area contributed by atoms with Gasteiger partial charge in [0.05, 0.1) is 0 Å². The minimum Gasteiger partial charge on any atom is -0.327 e. The molecule has 3 N–H and O–H groups in total. The third kappa shape index (κ3) is 4.24. The van der Waals surface area contributed by atoms with E-state index >= 15 is 0 Å². The molecule has 1 heterocycles. The lowest BCUT2D eigenvalue weighted by atomic mass is 10.00. The number of halogens is 1. The fourth-order valence-corrected chi connectivity index (χ4v) is 3.41. The van der Waals surface area contributed by atoms with E-state index in [4.69, 9.17) is 5.73 Å². The lowest BCUT2D eigenvalue weighted by molar-refractivity contribution is -0.117. The topological polar surface area (TPSA) is 75.4 Å². The highest BCUT2D eigenvalue weighted by Gasteiger charge is 2.26. The molecule has 1 aliphatic heterocycles. The Kier molecular flexibility index (Phi) is 6.02. The summed E-state index contributed by atoms with van der Waals surface area (Å²) >= 11 is 0. The van der Waals surface area contributed by atoms with Gasteiger partial charge in [-0.05, 0) is 49.4 Å². The predicted octanol–water partition coefficient (Wildman–Crippen LogP) is 2.69. The van der Waals surface area contributed by atoms with Crippen LogP contribution < -0.4 is 16.0 Å². The van der Waals surface area contributed by atoms with E-state index in [-0.39, 0.29) is 30.3 Å². The first-order valence-corrected chi connectivity index (χ1v) is 8.09. The zero-order valence-electron chi connectivity index (χ0n) is 13.2. The summed E-state index contributed by atoms with van der Waals surface area (Å²) in [5.41, 5.74) is 7.68. The van der Waals surface area contributed by atoms with Crippen molar-refractivity contribution in [3.05, 3.63) is 24.3 Å². The van der Waals surface area contributed by atoms with Gasteiger partial charge in [-0.3, -0.25) is 9.59 Å². The van der Waals surface area contributed by atoms with Gasteiger partial charge in [-0.1, -0.05) is 6.42 Å². The molecule has 0 aromatic heterocycles. The normalized spacial score (nSPS) is 23.7. The van der Waals surface area contributed by atoms with Crippen LogP contribution in [0, 0.1) is 5.92 Å². The van der Waals surface area contributed by atoms with Gasteiger partial charge in [-0.25, -0.2) is 0 Å². The van der Waals surface area contributed by atoms with E-state index in [1.165, 1.54) is 0 Å². The van der Waals surface area contributed by atoms with Crippen molar-refractivity contribution in [2.75, 3.05) is 16.8 Å². The molecule has 1 aromatic rings. The lowest BCUT2D eigenvalue weighted by Gasteiger charge is -2.17. The number of nitrogens with one attached hydrogen (secondary N) is 1. The number of hydrogen-bond donors (Lipinski definition) is 2. The van der Waals surface area contributed by atoms with Crippen molar-refractivity contribution in [2.45, 2.75) is 44.6 Å². The third-order valence-corrected chi connectivity index (χ3v) is 4.70. The number of rotatable bonds is 4. The standard InChI is InChI=1S/C17H23N3O2.ClH/c18-15-4-1-3-12(15)11-16(21)19-13-6-8-14(9-7-13)20-10-2-5-17(20)22;/h6-9,12,15H,1-5,10-11,18H2,(H,19,21);1H/t12-,15+;/m0./s1. The first-order chi connectivity index (χ1) is 10.6. The molecule has 2 fully saturated rings. The van der Waals surface area contributed by atoms with Gasteiger partial charge >= 0.3 is 0 Å². The van der Waals surface area contributed by atoms with Crippen molar-refractivity contribution in [1.29, 1.82) is 0 Å². The maximum absolute atomic E-state index is 12.1. The van der Waals surface area contributed by atoms with E-state index < -0.39 is 0 Å². The number of anilines is 2. The molecular weight excluding hydrogens is 314 g/mol. The summed E-state index contributed by atoms with van der Waals surface area (Å²) in [5, 5.41) is 2.92. The van der Waals surface area contributed by atoms with Crippen LogP contribution in [0.1, 0.15) is 38.5 Å². The number of nitrogens with two attached hydrogens (primary N) is 1. The smallest absolute Gasteiger partial charge is 0.227 e. The summed E-state index contributed by atoms with van der Waals surface area (Å²) in [6, 6.07) is 7.65. The summed E-state index contributed by atoms with van der Waals surface area (Å²) in [6.07, 6.45) is 5.23. The van der Waals surface area contributed by atoms with E-state index in [0.717, 1.165) is 43.6 Å². The molecule has 0 unspecified atom stereocenters. The fraction of sp³-hybridized carbons (Fsp3) is 0.529. The van der Waals surface area contributed by atoms with Gasteiger partial charge in [0.1, 0.15) is 0 Å². The highest BCUT2D eigenvalue weighted by molar-refractivity contribution is 5.96. The van der Waals surface area contributed by atoms with Gasteiger partial charge < -0.3 is 16.0 Å². The molecule has 0 spiro atoms. The highest BCUT2D eigenvalue weighted by Crippen LogP contribution is 2.27. The predicted molar refractivity (Wildman–Crippen MR) is 93.8 cm³/mol. The molecule has 1 aromatic carbocycles. The van der Waals surface area contributed by atoms with Gasteiger partial charge in [0.25, 0.3) is 0 Å². The number of nitrogens with zero attached hydrogens (tertiary/aromatic N) is 1. The Morgan fingerprint density at radius 3 is 2.52 bits per heavy atom. The number of carbonyl (C=O) groups is 2. The first kappa shape index (κ1) is 17.8. The van der Waals surface area contributed by atoms with Crippen LogP contribution in [0.5, 0.6) is 0 Å². The largest absolute Gasteiger partial charge is 0.327 e.